The molecule has 0 spiro atoms. The van der Waals surface area contributed by atoms with Crippen molar-refractivity contribution in [2.75, 3.05) is 13.1 Å². The van der Waals surface area contributed by atoms with E-state index >= 15 is 0 Å². The highest BCUT2D eigenvalue weighted by atomic mass is 32.2. The fourth-order valence-electron chi connectivity index (χ4n) is 2.25. The first kappa shape index (κ1) is 14.7. The van der Waals surface area contributed by atoms with E-state index < -0.39 is 10.0 Å². The molecule has 1 fully saturated rings. The Kier molecular flexibility index (Phi) is 4.21. The molecule has 0 aromatic heterocycles. The van der Waals surface area contributed by atoms with Crippen molar-refractivity contribution in [3.8, 4) is 6.07 Å². The van der Waals surface area contributed by atoms with Crippen LogP contribution >= 0.6 is 0 Å². The van der Waals surface area contributed by atoms with E-state index in [1.165, 1.54) is 23.4 Å². The van der Waals surface area contributed by atoms with Gasteiger partial charge in [0.25, 0.3) is 0 Å². The van der Waals surface area contributed by atoms with Crippen molar-refractivity contribution in [3.05, 3.63) is 29.8 Å². The number of hydrogen-bond donors (Lipinski definition) is 0. The number of carbonyl (C=O) groups is 1. The van der Waals surface area contributed by atoms with Gasteiger partial charge in [0.2, 0.25) is 10.0 Å². The van der Waals surface area contributed by atoms with E-state index in [0.717, 1.165) is 0 Å². The van der Waals surface area contributed by atoms with Gasteiger partial charge in [-0.25, -0.2) is 8.42 Å². The summed E-state index contributed by atoms with van der Waals surface area (Å²) in [5.74, 6) is -0.227. The van der Waals surface area contributed by atoms with Gasteiger partial charge in [0.15, 0.2) is 5.78 Å². The first-order chi connectivity index (χ1) is 9.45. The van der Waals surface area contributed by atoms with Crippen molar-refractivity contribution >= 4 is 15.8 Å². The number of nitrogens with zero attached hydrogens (tertiary/aromatic N) is 2. The largest absolute Gasteiger partial charge is 0.295 e. The third-order valence-corrected chi connectivity index (χ3v) is 5.41. The molecule has 1 aliphatic rings. The highest BCUT2D eigenvalue weighted by Gasteiger charge is 2.29. The van der Waals surface area contributed by atoms with Gasteiger partial charge in [-0.15, -0.1) is 0 Å². The predicted molar refractivity (Wildman–Crippen MR) is 73.5 cm³/mol. The summed E-state index contributed by atoms with van der Waals surface area (Å²) in [6, 6.07) is 8.26. The summed E-state index contributed by atoms with van der Waals surface area (Å²) in [5.41, 5.74) is 0.387. The molecular weight excluding hydrogens is 276 g/mol. The molecule has 0 saturated carbocycles. The van der Waals surface area contributed by atoms with Crippen LogP contribution in [0, 0.1) is 17.2 Å². The molecule has 2 rings (SSSR count). The molecule has 0 amide bonds. The van der Waals surface area contributed by atoms with Crippen molar-refractivity contribution < 1.29 is 13.2 Å². The summed E-state index contributed by atoms with van der Waals surface area (Å²) in [7, 11) is -3.58. The zero-order valence-electron chi connectivity index (χ0n) is 11.2. The van der Waals surface area contributed by atoms with E-state index in [4.69, 9.17) is 5.26 Å². The van der Waals surface area contributed by atoms with Crippen molar-refractivity contribution in [2.45, 2.75) is 24.7 Å². The molecule has 1 heterocycles. The second-order valence-electron chi connectivity index (χ2n) is 4.89. The molecule has 20 heavy (non-hydrogen) atoms. The Hall–Kier alpha value is -1.71. The maximum absolute atomic E-state index is 12.5. The summed E-state index contributed by atoms with van der Waals surface area (Å²) in [6.45, 7) is 2.11. The molecule has 0 unspecified atom stereocenters. The molecule has 0 bridgehead atoms. The highest BCUT2D eigenvalue weighted by Crippen LogP contribution is 2.24. The van der Waals surface area contributed by atoms with Gasteiger partial charge in [0, 0.05) is 24.6 Å². The van der Waals surface area contributed by atoms with Gasteiger partial charge >= 0.3 is 0 Å². The van der Waals surface area contributed by atoms with Crippen molar-refractivity contribution in [3.63, 3.8) is 0 Å². The lowest BCUT2D eigenvalue weighted by Crippen LogP contribution is -2.38. The third-order valence-electron chi connectivity index (χ3n) is 3.51. The number of benzene rings is 1. The van der Waals surface area contributed by atoms with Crippen LogP contribution in [0.2, 0.25) is 0 Å². The molecule has 1 aromatic rings. The molecule has 0 radical (unpaired) electrons. The predicted octanol–water partition coefficient (Wildman–Crippen LogP) is 1.81. The number of ketones is 1. The topological polar surface area (TPSA) is 78.2 Å². The number of piperidine rings is 1. The summed E-state index contributed by atoms with van der Waals surface area (Å²) >= 11 is 0. The maximum atomic E-state index is 12.5. The van der Waals surface area contributed by atoms with Crippen molar-refractivity contribution in [2.24, 2.45) is 5.92 Å². The maximum Gasteiger partial charge on any atom is 0.243 e. The quantitative estimate of drug-likeness (QED) is 0.796. The number of rotatable bonds is 3. The monoisotopic (exact) mass is 292 g/mol. The van der Waals surface area contributed by atoms with Crippen LogP contribution in [0.1, 0.15) is 30.1 Å². The Labute approximate surface area is 118 Å². The van der Waals surface area contributed by atoms with E-state index in [1.807, 2.05) is 0 Å². The molecule has 0 N–H and O–H groups in total. The molecule has 6 heteroatoms. The van der Waals surface area contributed by atoms with E-state index in [1.54, 1.807) is 12.1 Å². The third kappa shape index (κ3) is 2.89. The molecule has 106 valence electrons. The van der Waals surface area contributed by atoms with Crippen LogP contribution in [0.15, 0.2) is 29.2 Å². The minimum absolute atomic E-state index is 0.0648. The molecular formula is C14H16N2O3S. The lowest BCUT2D eigenvalue weighted by Gasteiger charge is -2.28. The minimum Gasteiger partial charge on any atom is -0.295 e. The van der Waals surface area contributed by atoms with E-state index in [-0.39, 0.29) is 16.6 Å². The normalized spacial score (nSPS) is 17.6. The Morgan fingerprint density at radius 1 is 1.35 bits per heavy atom. The van der Waals surface area contributed by atoms with Gasteiger partial charge in [-0.05, 0) is 31.9 Å². The first-order valence-electron chi connectivity index (χ1n) is 6.46. The van der Waals surface area contributed by atoms with Gasteiger partial charge in [0.05, 0.1) is 11.0 Å². The average Bonchev–Trinajstić information content (AvgIpc) is 2.47. The van der Waals surface area contributed by atoms with Gasteiger partial charge in [0.1, 0.15) is 0 Å². The van der Waals surface area contributed by atoms with Crippen molar-refractivity contribution in [1.82, 2.24) is 4.31 Å². The van der Waals surface area contributed by atoms with Gasteiger partial charge in [-0.3, -0.25) is 4.79 Å². The first-order valence-corrected chi connectivity index (χ1v) is 7.90. The number of nitriles is 1. The Balaban J connectivity index is 2.25. The second kappa shape index (κ2) is 5.73. The zero-order valence-corrected chi connectivity index (χ0v) is 12.1. The van der Waals surface area contributed by atoms with E-state index in [0.29, 0.717) is 31.5 Å². The Bertz CT molecular complexity index is 653. The molecule has 0 atom stereocenters. The average molecular weight is 292 g/mol. The fourth-order valence-corrected chi connectivity index (χ4v) is 3.77. The minimum atomic E-state index is -3.58. The highest BCUT2D eigenvalue weighted by molar-refractivity contribution is 7.89. The van der Waals surface area contributed by atoms with Crippen LogP contribution < -0.4 is 0 Å². The van der Waals surface area contributed by atoms with Crippen LogP contribution in [0.4, 0.5) is 0 Å². The molecule has 1 saturated heterocycles. The number of hydrogen-bond acceptors (Lipinski definition) is 4. The zero-order chi connectivity index (χ0) is 14.8. The summed E-state index contributed by atoms with van der Waals surface area (Å²) in [5, 5.41) is 8.84. The molecule has 1 aliphatic heterocycles. The van der Waals surface area contributed by atoms with Crippen molar-refractivity contribution in [1.29, 1.82) is 5.26 Å². The fraction of sp³-hybridized carbons (Fsp3) is 0.429. The van der Waals surface area contributed by atoms with Crippen LogP contribution in [0.5, 0.6) is 0 Å². The number of sulfonamides is 1. The van der Waals surface area contributed by atoms with Crippen LogP contribution in [0.3, 0.4) is 0 Å². The smallest absolute Gasteiger partial charge is 0.243 e. The lowest BCUT2D eigenvalue weighted by atomic mass is 10.0. The molecule has 0 aliphatic carbocycles. The second-order valence-corrected chi connectivity index (χ2v) is 6.83. The van der Waals surface area contributed by atoms with Gasteiger partial charge in [-0.2, -0.15) is 9.57 Å². The standard InChI is InChI=1S/C14H16N2O3S/c1-11(17)13-3-2-4-14(9-13)20(18,19)16-7-5-12(10-15)6-8-16/h2-4,9,12H,5-8H2,1H3. The number of Topliss-reactive ketones (excluding diaryl/α,β-unsaturated/α-hetero) is 1. The summed E-state index contributed by atoms with van der Waals surface area (Å²) < 4.78 is 26.4. The lowest BCUT2D eigenvalue weighted by molar-refractivity contribution is 0.101. The number of carbonyl (C=O) groups excluding carboxylic acids is 1. The van der Waals surface area contributed by atoms with Crippen LogP contribution in [-0.4, -0.2) is 31.6 Å². The van der Waals surface area contributed by atoms with Gasteiger partial charge < -0.3 is 0 Å². The van der Waals surface area contributed by atoms with Crippen LogP contribution in [-0.2, 0) is 10.0 Å². The van der Waals surface area contributed by atoms with E-state index in [9.17, 15) is 13.2 Å². The SMILES string of the molecule is CC(=O)c1cccc(S(=O)(=O)N2CCC(C#N)CC2)c1. The summed E-state index contributed by atoms with van der Waals surface area (Å²) in [6.07, 6.45) is 1.12. The molecule has 1 aromatic carbocycles. The molecule has 5 nitrogen and oxygen atoms in total. The summed E-state index contributed by atoms with van der Waals surface area (Å²) in [4.78, 5) is 11.5. The van der Waals surface area contributed by atoms with Crippen LogP contribution in [0.25, 0.3) is 0 Å². The van der Waals surface area contributed by atoms with E-state index in [2.05, 4.69) is 6.07 Å². The Morgan fingerprint density at radius 3 is 2.55 bits per heavy atom. The van der Waals surface area contributed by atoms with Gasteiger partial charge in [-0.1, -0.05) is 12.1 Å². The Morgan fingerprint density at radius 2 is 2.00 bits per heavy atom.